The number of hydrogen-bond donors (Lipinski definition) is 1. The van der Waals surface area contributed by atoms with E-state index in [2.05, 4.69) is 35.1 Å². The van der Waals surface area contributed by atoms with E-state index in [4.69, 9.17) is 4.74 Å². The lowest BCUT2D eigenvalue weighted by Gasteiger charge is -2.29. The van der Waals surface area contributed by atoms with Gasteiger partial charge in [0.25, 0.3) is 0 Å². The number of hydrogen-bond acceptors (Lipinski definition) is 2. The van der Waals surface area contributed by atoms with Crippen molar-refractivity contribution >= 4 is 15.9 Å². The topological polar surface area (TPSA) is 21.3 Å². The summed E-state index contributed by atoms with van der Waals surface area (Å²) in [6.07, 6.45) is 1.72. The Morgan fingerprint density at radius 2 is 2.26 bits per heavy atom. The number of halogens is 2. The summed E-state index contributed by atoms with van der Waals surface area (Å²) in [5, 5.41) is 3.47. The van der Waals surface area contributed by atoms with E-state index in [1.54, 1.807) is 0 Å². The molecule has 1 aliphatic heterocycles. The first kappa shape index (κ1) is 14.9. The maximum absolute atomic E-state index is 14.0. The summed E-state index contributed by atoms with van der Waals surface area (Å²) in [7, 11) is 0. The van der Waals surface area contributed by atoms with Crippen LogP contribution < -0.4 is 5.32 Å². The molecule has 2 rings (SSSR count). The molecule has 2 nitrogen and oxygen atoms in total. The van der Waals surface area contributed by atoms with E-state index < -0.39 is 0 Å². The fourth-order valence-corrected chi connectivity index (χ4v) is 2.81. The predicted octanol–water partition coefficient (Wildman–Crippen LogP) is 3.54. The molecule has 1 aromatic rings. The van der Waals surface area contributed by atoms with E-state index in [0.717, 1.165) is 36.0 Å². The Hall–Kier alpha value is -0.450. The van der Waals surface area contributed by atoms with Gasteiger partial charge in [-0.2, -0.15) is 0 Å². The standard InChI is InChI=1S/C15H21BrFNO/c1-11(2)18-9-15(5-6-19-10-15)8-12-3-4-13(16)7-14(12)17/h3-4,7,11,18H,5-6,8-10H2,1-2H3. The molecule has 1 saturated heterocycles. The summed E-state index contributed by atoms with van der Waals surface area (Å²) >= 11 is 3.30. The molecule has 0 radical (unpaired) electrons. The Kier molecular flexibility index (Phi) is 4.98. The van der Waals surface area contributed by atoms with E-state index in [1.807, 2.05) is 12.1 Å². The normalized spacial score (nSPS) is 23.2. The van der Waals surface area contributed by atoms with Crippen LogP contribution >= 0.6 is 15.9 Å². The van der Waals surface area contributed by atoms with Gasteiger partial charge in [0.15, 0.2) is 0 Å². The summed E-state index contributed by atoms with van der Waals surface area (Å²) < 4.78 is 20.3. The quantitative estimate of drug-likeness (QED) is 0.892. The number of nitrogens with one attached hydrogen (secondary N) is 1. The molecule has 1 aromatic carbocycles. The minimum absolute atomic E-state index is 0.0267. The summed E-state index contributed by atoms with van der Waals surface area (Å²) in [6.45, 7) is 6.62. The van der Waals surface area contributed by atoms with E-state index in [-0.39, 0.29) is 11.2 Å². The van der Waals surface area contributed by atoms with E-state index >= 15 is 0 Å². The second-order valence-electron chi connectivity index (χ2n) is 5.75. The molecular formula is C15H21BrFNO. The Morgan fingerprint density at radius 3 is 2.84 bits per heavy atom. The van der Waals surface area contributed by atoms with Crippen molar-refractivity contribution in [3.05, 3.63) is 34.1 Å². The van der Waals surface area contributed by atoms with Crippen LogP contribution in [-0.2, 0) is 11.2 Å². The maximum Gasteiger partial charge on any atom is 0.127 e. The molecule has 1 fully saturated rings. The maximum atomic E-state index is 14.0. The number of benzene rings is 1. The van der Waals surface area contributed by atoms with Crippen LogP contribution in [-0.4, -0.2) is 25.8 Å². The molecule has 106 valence electrons. The zero-order valence-corrected chi connectivity index (χ0v) is 13.1. The van der Waals surface area contributed by atoms with Crippen LogP contribution in [0.1, 0.15) is 25.8 Å². The van der Waals surface area contributed by atoms with Crippen LogP contribution in [0, 0.1) is 11.2 Å². The van der Waals surface area contributed by atoms with Gasteiger partial charge >= 0.3 is 0 Å². The van der Waals surface area contributed by atoms with Crippen LogP contribution in [0.3, 0.4) is 0 Å². The lowest BCUT2D eigenvalue weighted by Crippen LogP contribution is -2.39. The highest BCUT2D eigenvalue weighted by molar-refractivity contribution is 9.10. The molecule has 0 saturated carbocycles. The first-order valence-corrected chi connectivity index (χ1v) is 7.55. The SMILES string of the molecule is CC(C)NCC1(Cc2ccc(Br)cc2F)CCOC1. The highest BCUT2D eigenvalue weighted by Gasteiger charge is 2.35. The lowest BCUT2D eigenvalue weighted by atomic mass is 9.80. The van der Waals surface area contributed by atoms with Crippen LogP contribution in [0.5, 0.6) is 0 Å². The van der Waals surface area contributed by atoms with E-state index in [0.29, 0.717) is 12.6 Å². The molecule has 0 amide bonds. The van der Waals surface area contributed by atoms with Gasteiger partial charge < -0.3 is 10.1 Å². The van der Waals surface area contributed by atoms with Crippen molar-refractivity contribution in [2.45, 2.75) is 32.7 Å². The lowest BCUT2D eigenvalue weighted by molar-refractivity contribution is 0.147. The molecule has 1 aliphatic rings. The molecule has 0 aliphatic carbocycles. The summed E-state index contributed by atoms with van der Waals surface area (Å²) in [6, 6.07) is 5.74. The fraction of sp³-hybridized carbons (Fsp3) is 0.600. The fourth-order valence-electron chi connectivity index (χ4n) is 2.48. The van der Waals surface area contributed by atoms with Crippen LogP contribution in [0.4, 0.5) is 4.39 Å². The minimum Gasteiger partial charge on any atom is -0.381 e. The molecule has 1 N–H and O–H groups in total. The van der Waals surface area contributed by atoms with Gasteiger partial charge in [-0.25, -0.2) is 4.39 Å². The summed E-state index contributed by atoms with van der Waals surface area (Å²) in [5.41, 5.74) is 0.804. The van der Waals surface area contributed by atoms with Gasteiger partial charge in [0, 0.05) is 29.1 Å². The minimum atomic E-state index is -0.134. The Morgan fingerprint density at radius 1 is 1.47 bits per heavy atom. The zero-order chi connectivity index (χ0) is 13.9. The van der Waals surface area contributed by atoms with Gasteiger partial charge in [0.2, 0.25) is 0 Å². The third-order valence-corrected chi connectivity index (χ3v) is 4.14. The highest BCUT2D eigenvalue weighted by atomic mass is 79.9. The molecule has 1 unspecified atom stereocenters. The van der Waals surface area contributed by atoms with Crippen molar-refractivity contribution < 1.29 is 9.13 Å². The van der Waals surface area contributed by atoms with Gasteiger partial charge in [-0.15, -0.1) is 0 Å². The van der Waals surface area contributed by atoms with Crippen molar-refractivity contribution in [3.8, 4) is 0 Å². The third-order valence-electron chi connectivity index (χ3n) is 3.65. The molecule has 0 bridgehead atoms. The summed E-state index contributed by atoms with van der Waals surface area (Å²) in [5.74, 6) is -0.134. The molecular weight excluding hydrogens is 309 g/mol. The smallest absolute Gasteiger partial charge is 0.127 e. The first-order valence-electron chi connectivity index (χ1n) is 6.76. The zero-order valence-electron chi connectivity index (χ0n) is 11.5. The van der Waals surface area contributed by atoms with Gasteiger partial charge in [0.1, 0.15) is 5.82 Å². The van der Waals surface area contributed by atoms with E-state index in [9.17, 15) is 4.39 Å². The molecule has 19 heavy (non-hydrogen) atoms. The number of rotatable bonds is 5. The average Bonchev–Trinajstić information content (AvgIpc) is 2.80. The van der Waals surface area contributed by atoms with Crippen molar-refractivity contribution in [2.75, 3.05) is 19.8 Å². The summed E-state index contributed by atoms with van der Waals surface area (Å²) in [4.78, 5) is 0. The predicted molar refractivity (Wildman–Crippen MR) is 78.8 cm³/mol. The molecule has 0 spiro atoms. The van der Waals surface area contributed by atoms with Crippen LogP contribution in [0.2, 0.25) is 0 Å². The largest absolute Gasteiger partial charge is 0.381 e. The van der Waals surface area contributed by atoms with E-state index in [1.165, 1.54) is 6.07 Å². The van der Waals surface area contributed by atoms with Crippen molar-refractivity contribution in [1.82, 2.24) is 5.32 Å². The van der Waals surface area contributed by atoms with Gasteiger partial charge in [0.05, 0.1) is 6.61 Å². The van der Waals surface area contributed by atoms with Gasteiger partial charge in [-0.1, -0.05) is 35.8 Å². The monoisotopic (exact) mass is 329 g/mol. The Balaban J connectivity index is 2.11. The van der Waals surface area contributed by atoms with Gasteiger partial charge in [-0.3, -0.25) is 0 Å². The van der Waals surface area contributed by atoms with Crippen molar-refractivity contribution in [3.63, 3.8) is 0 Å². The number of ether oxygens (including phenoxy) is 1. The highest BCUT2D eigenvalue weighted by Crippen LogP contribution is 2.33. The Labute approximate surface area is 122 Å². The molecule has 1 heterocycles. The average molecular weight is 330 g/mol. The first-order chi connectivity index (χ1) is 9.01. The van der Waals surface area contributed by atoms with Crippen molar-refractivity contribution in [2.24, 2.45) is 5.41 Å². The van der Waals surface area contributed by atoms with Crippen LogP contribution in [0.15, 0.2) is 22.7 Å². The third kappa shape index (κ3) is 4.01. The van der Waals surface area contributed by atoms with Crippen molar-refractivity contribution in [1.29, 1.82) is 0 Å². The second kappa shape index (κ2) is 6.33. The molecule has 4 heteroatoms. The molecule has 0 aromatic heterocycles. The van der Waals surface area contributed by atoms with Gasteiger partial charge in [-0.05, 0) is 30.5 Å². The molecule has 1 atom stereocenters. The second-order valence-corrected chi connectivity index (χ2v) is 6.67. The Bertz CT molecular complexity index is 430. The van der Waals surface area contributed by atoms with Crippen LogP contribution in [0.25, 0.3) is 0 Å².